The Kier molecular flexibility index (Phi) is 7.79. The van der Waals surface area contributed by atoms with Gasteiger partial charge in [-0.25, -0.2) is 4.79 Å². The number of hydrogen-bond donors (Lipinski definition) is 0. The second kappa shape index (κ2) is 10.3. The molecule has 2 saturated carbocycles. The standard InChI is InChI=1S/C25H38O2/c1-3-5-19-7-11-21(12-8-19)22-13-15-23(16-14-22)25(26)27-24-17-9-20(6-4-2)10-18-24/h13-16,19-21,24H,3-12,17-18H2,1-2H3. The second-order valence-electron chi connectivity index (χ2n) is 8.97. The number of ether oxygens (including phenoxy) is 1. The fourth-order valence-electron chi connectivity index (χ4n) is 5.25. The molecule has 2 heteroatoms. The van der Waals surface area contributed by atoms with E-state index in [1.54, 1.807) is 0 Å². The molecule has 2 nitrogen and oxygen atoms in total. The summed E-state index contributed by atoms with van der Waals surface area (Å²) < 4.78 is 5.79. The quantitative estimate of drug-likeness (QED) is 0.471. The number of carbonyl (C=O) groups excluding carboxylic acids is 1. The summed E-state index contributed by atoms with van der Waals surface area (Å²) in [5.41, 5.74) is 2.12. The van der Waals surface area contributed by atoms with Crippen molar-refractivity contribution in [3.63, 3.8) is 0 Å². The molecule has 150 valence electrons. The highest BCUT2D eigenvalue weighted by molar-refractivity contribution is 5.89. The zero-order chi connectivity index (χ0) is 19.1. The Morgan fingerprint density at radius 3 is 1.85 bits per heavy atom. The van der Waals surface area contributed by atoms with Crippen LogP contribution in [-0.2, 0) is 4.74 Å². The number of rotatable bonds is 7. The molecule has 0 aromatic heterocycles. The van der Waals surface area contributed by atoms with Crippen LogP contribution in [0.15, 0.2) is 24.3 Å². The third-order valence-corrected chi connectivity index (χ3v) is 6.93. The van der Waals surface area contributed by atoms with Gasteiger partial charge in [0.15, 0.2) is 0 Å². The molecule has 0 N–H and O–H groups in total. The molecule has 2 fully saturated rings. The molecular formula is C25H38O2. The molecule has 0 aliphatic heterocycles. The summed E-state index contributed by atoms with van der Waals surface area (Å²) in [6.45, 7) is 4.55. The smallest absolute Gasteiger partial charge is 0.338 e. The Morgan fingerprint density at radius 2 is 1.33 bits per heavy atom. The molecule has 1 aromatic carbocycles. The molecule has 0 heterocycles. The van der Waals surface area contributed by atoms with E-state index >= 15 is 0 Å². The van der Waals surface area contributed by atoms with Crippen molar-refractivity contribution in [1.82, 2.24) is 0 Å². The molecule has 0 unspecified atom stereocenters. The molecule has 2 aliphatic carbocycles. The van der Waals surface area contributed by atoms with Gasteiger partial charge in [0.2, 0.25) is 0 Å². The molecule has 1 aromatic rings. The van der Waals surface area contributed by atoms with Crippen LogP contribution in [0.25, 0.3) is 0 Å². The van der Waals surface area contributed by atoms with Crippen LogP contribution < -0.4 is 0 Å². The lowest BCUT2D eigenvalue weighted by Crippen LogP contribution is -2.24. The van der Waals surface area contributed by atoms with Crippen molar-refractivity contribution in [2.24, 2.45) is 11.8 Å². The largest absolute Gasteiger partial charge is 0.459 e. The lowest BCUT2D eigenvalue weighted by Gasteiger charge is -2.29. The van der Waals surface area contributed by atoms with Crippen LogP contribution in [0.1, 0.15) is 113 Å². The Labute approximate surface area is 166 Å². The summed E-state index contributed by atoms with van der Waals surface area (Å²) in [5, 5.41) is 0. The molecule has 2 aliphatic rings. The Morgan fingerprint density at radius 1 is 0.815 bits per heavy atom. The topological polar surface area (TPSA) is 26.3 Å². The van der Waals surface area contributed by atoms with E-state index in [-0.39, 0.29) is 12.1 Å². The minimum absolute atomic E-state index is 0.124. The molecule has 27 heavy (non-hydrogen) atoms. The van der Waals surface area contributed by atoms with Gasteiger partial charge in [-0.15, -0.1) is 0 Å². The van der Waals surface area contributed by atoms with E-state index in [9.17, 15) is 4.79 Å². The number of hydrogen-bond acceptors (Lipinski definition) is 2. The van der Waals surface area contributed by atoms with E-state index in [4.69, 9.17) is 4.74 Å². The first-order chi connectivity index (χ1) is 13.2. The summed E-state index contributed by atoms with van der Waals surface area (Å²) in [4.78, 5) is 12.5. The molecule has 3 rings (SSSR count). The number of carbonyl (C=O) groups is 1. The maximum Gasteiger partial charge on any atom is 0.338 e. The van der Waals surface area contributed by atoms with Gasteiger partial charge in [0.1, 0.15) is 6.10 Å². The zero-order valence-corrected chi connectivity index (χ0v) is 17.4. The zero-order valence-electron chi connectivity index (χ0n) is 17.4. The van der Waals surface area contributed by atoms with Crippen molar-refractivity contribution in [2.45, 2.75) is 103 Å². The van der Waals surface area contributed by atoms with Crippen LogP contribution in [0, 0.1) is 11.8 Å². The highest BCUT2D eigenvalue weighted by Crippen LogP contribution is 2.37. The lowest BCUT2D eigenvalue weighted by atomic mass is 9.77. The van der Waals surface area contributed by atoms with Crippen molar-refractivity contribution >= 4 is 5.97 Å². The van der Waals surface area contributed by atoms with Gasteiger partial charge in [-0.1, -0.05) is 51.7 Å². The van der Waals surface area contributed by atoms with Gasteiger partial charge in [0.25, 0.3) is 0 Å². The SMILES string of the molecule is CCCC1CCC(OC(=O)c2ccc(C3CCC(CCC)CC3)cc2)CC1. The highest BCUT2D eigenvalue weighted by Gasteiger charge is 2.25. The van der Waals surface area contributed by atoms with Gasteiger partial charge in [-0.2, -0.15) is 0 Å². The van der Waals surface area contributed by atoms with Crippen molar-refractivity contribution in [3.8, 4) is 0 Å². The van der Waals surface area contributed by atoms with Gasteiger partial charge in [-0.05, 0) is 86.8 Å². The normalized spacial score (nSPS) is 28.7. The number of benzene rings is 1. The monoisotopic (exact) mass is 370 g/mol. The first-order valence-corrected chi connectivity index (χ1v) is 11.5. The molecule has 0 saturated heterocycles. The van der Waals surface area contributed by atoms with E-state index in [1.165, 1.54) is 69.8 Å². The fourth-order valence-corrected chi connectivity index (χ4v) is 5.25. The predicted octanol–water partition coefficient (Wildman–Crippen LogP) is 7.28. The highest BCUT2D eigenvalue weighted by atomic mass is 16.5. The minimum atomic E-state index is -0.132. The molecule has 0 radical (unpaired) electrons. The van der Waals surface area contributed by atoms with Crippen LogP contribution in [0.4, 0.5) is 0 Å². The van der Waals surface area contributed by atoms with E-state index in [2.05, 4.69) is 26.0 Å². The van der Waals surface area contributed by atoms with Gasteiger partial charge in [0, 0.05) is 0 Å². The third kappa shape index (κ3) is 5.83. The third-order valence-electron chi connectivity index (χ3n) is 6.93. The van der Waals surface area contributed by atoms with E-state index in [1.807, 2.05) is 12.1 Å². The average molecular weight is 371 g/mol. The molecule has 0 spiro atoms. The maximum absolute atomic E-state index is 12.5. The molecule has 0 atom stereocenters. The van der Waals surface area contributed by atoms with E-state index < -0.39 is 0 Å². The van der Waals surface area contributed by atoms with Crippen molar-refractivity contribution in [3.05, 3.63) is 35.4 Å². The van der Waals surface area contributed by atoms with Crippen molar-refractivity contribution in [1.29, 1.82) is 0 Å². The molecular weight excluding hydrogens is 332 g/mol. The minimum Gasteiger partial charge on any atom is -0.459 e. The average Bonchev–Trinajstić information content (AvgIpc) is 2.71. The maximum atomic E-state index is 12.5. The summed E-state index contributed by atoms with van der Waals surface area (Å²) >= 11 is 0. The number of esters is 1. The van der Waals surface area contributed by atoms with Crippen LogP contribution in [0.5, 0.6) is 0 Å². The predicted molar refractivity (Wildman–Crippen MR) is 112 cm³/mol. The molecule has 0 amide bonds. The van der Waals surface area contributed by atoms with Gasteiger partial charge in [-0.3, -0.25) is 0 Å². The van der Waals surface area contributed by atoms with Gasteiger partial charge in [0.05, 0.1) is 5.56 Å². The molecule has 0 bridgehead atoms. The summed E-state index contributed by atoms with van der Waals surface area (Å²) in [6, 6.07) is 8.30. The van der Waals surface area contributed by atoms with E-state index in [0.29, 0.717) is 11.5 Å². The first-order valence-electron chi connectivity index (χ1n) is 11.5. The van der Waals surface area contributed by atoms with Gasteiger partial charge < -0.3 is 4.74 Å². The van der Waals surface area contributed by atoms with Crippen LogP contribution in [-0.4, -0.2) is 12.1 Å². The van der Waals surface area contributed by atoms with Crippen molar-refractivity contribution < 1.29 is 9.53 Å². The summed E-state index contributed by atoms with van der Waals surface area (Å²) in [5.74, 6) is 2.33. The second-order valence-corrected chi connectivity index (χ2v) is 8.97. The Bertz CT molecular complexity index is 560. The van der Waals surface area contributed by atoms with Crippen LogP contribution in [0.2, 0.25) is 0 Å². The van der Waals surface area contributed by atoms with E-state index in [0.717, 1.165) is 24.7 Å². The first kappa shape index (κ1) is 20.4. The van der Waals surface area contributed by atoms with Crippen molar-refractivity contribution in [2.75, 3.05) is 0 Å². The van der Waals surface area contributed by atoms with Gasteiger partial charge >= 0.3 is 5.97 Å². The Hall–Kier alpha value is -1.31. The lowest BCUT2D eigenvalue weighted by molar-refractivity contribution is 0.0161. The Balaban J connectivity index is 1.47. The summed E-state index contributed by atoms with van der Waals surface area (Å²) in [6.07, 6.45) is 15.2. The van der Waals surface area contributed by atoms with Crippen LogP contribution >= 0.6 is 0 Å². The van der Waals surface area contributed by atoms with Crippen LogP contribution in [0.3, 0.4) is 0 Å². The summed E-state index contributed by atoms with van der Waals surface area (Å²) in [7, 11) is 0. The fraction of sp³-hybridized carbons (Fsp3) is 0.720.